The van der Waals surface area contributed by atoms with Gasteiger partial charge in [-0.3, -0.25) is 9.78 Å². The molecule has 1 saturated carbocycles. The average molecular weight is 438 g/mol. The van der Waals surface area contributed by atoms with Gasteiger partial charge in [-0.1, -0.05) is 43.5 Å². The fourth-order valence-electron chi connectivity index (χ4n) is 3.70. The Bertz CT molecular complexity index is 1030. The van der Waals surface area contributed by atoms with E-state index < -0.39 is 18.2 Å². The van der Waals surface area contributed by atoms with Gasteiger partial charge in [0.15, 0.2) is 0 Å². The van der Waals surface area contributed by atoms with Crippen molar-refractivity contribution in [1.82, 2.24) is 4.98 Å². The molecule has 0 bridgehead atoms. The summed E-state index contributed by atoms with van der Waals surface area (Å²) in [6, 6.07) is 6.21. The fourth-order valence-corrected chi connectivity index (χ4v) is 3.70. The van der Waals surface area contributed by atoms with Crippen LogP contribution in [0.15, 0.2) is 43.5 Å². The standard InChI is InChI=1S/C26H28FNO4/c1-4-21-23(5-2)28-26(17-6-7-17)22(25(21)16-8-10-18(27)11-9-16)13-12-19(29)14-20(30)15-24(31)32-3/h4-5,8-13,17,19-20,29-30H,1-2,6-7,14-15H2,3H3/b13-12+. The lowest BCUT2D eigenvalue weighted by atomic mass is 9.90. The maximum Gasteiger partial charge on any atom is 0.308 e. The van der Waals surface area contributed by atoms with E-state index in [-0.39, 0.29) is 18.7 Å². The van der Waals surface area contributed by atoms with E-state index in [0.717, 1.165) is 40.8 Å². The van der Waals surface area contributed by atoms with E-state index in [1.807, 2.05) is 0 Å². The molecule has 6 heteroatoms. The minimum atomic E-state index is -1.02. The first-order valence-electron chi connectivity index (χ1n) is 10.6. The van der Waals surface area contributed by atoms with Crippen LogP contribution in [0.3, 0.4) is 0 Å². The molecular formula is C26H28FNO4. The number of hydrogen-bond donors (Lipinski definition) is 2. The van der Waals surface area contributed by atoms with E-state index in [4.69, 9.17) is 4.98 Å². The lowest BCUT2D eigenvalue weighted by Crippen LogP contribution is -2.20. The van der Waals surface area contributed by atoms with Gasteiger partial charge in [0.25, 0.3) is 0 Å². The molecule has 0 amide bonds. The van der Waals surface area contributed by atoms with Gasteiger partial charge in [0.2, 0.25) is 0 Å². The smallest absolute Gasteiger partial charge is 0.308 e. The van der Waals surface area contributed by atoms with E-state index in [9.17, 15) is 19.4 Å². The van der Waals surface area contributed by atoms with Crippen molar-refractivity contribution in [2.24, 2.45) is 0 Å². The number of ether oxygens (including phenoxy) is 1. The minimum Gasteiger partial charge on any atom is -0.469 e. The topological polar surface area (TPSA) is 79.7 Å². The molecule has 2 N–H and O–H groups in total. The number of esters is 1. The van der Waals surface area contributed by atoms with Gasteiger partial charge >= 0.3 is 5.97 Å². The zero-order valence-electron chi connectivity index (χ0n) is 18.1. The molecule has 1 fully saturated rings. The third kappa shape index (κ3) is 5.58. The molecule has 3 rings (SSSR count). The highest BCUT2D eigenvalue weighted by atomic mass is 19.1. The van der Waals surface area contributed by atoms with Crippen LogP contribution in [0.5, 0.6) is 0 Å². The van der Waals surface area contributed by atoms with Crippen molar-refractivity contribution in [2.45, 2.75) is 43.8 Å². The second-order valence-electron chi connectivity index (χ2n) is 7.87. The number of benzene rings is 1. The molecule has 5 nitrogen and oxygen atoms in total. The van der Waals surface area contributed by atoms with Gasteiger partial charge in [0.05, 0.1) is 37.1 Å². The Morgan fingerprint density at radius 2 is 1.91 bits per heavy atom. The molecule has 1 aromatic heterocycles. The Morgan fingerprint density at radius 1 is 1.22 bits per heavy atom. The highest BCUT2D eigenvalue weighted by Gasteiger charge is 2.30. The van der Waals surface area contributed by atoms with E-state index in [1.165, 1.54) is 19.2 Å². The Hall–Kier alpha value is -3.09. The molecule has 1 aromatic carbocycles. The number of aliphatic hydroxyl groups excluding tert-OH is 2. The van der Waals surface area contributed by atoms with Crippen LogP contribution < -0.4 is 0 Å². The number of aromatic nitrogens is 1. The van der Waals surface area contributed by atoms with Gasteiger partial charge in [-0.05, 0) is 36.6 Å². The third-order valence-electron chi connectivity index (χ3n) is 5.45. The first-order chi connectivity index (χ1) is 15.4. The first-order valence-corrected chi connectivity index (χ1v) is 10.6. The largest absolute Gasteiger partial charge is 0.469 e. The monoisotopic (exact) mass is 437 g/mol. The number of nitrogens with zero attached hydrogens (tertiary/aromatic N) is 1. The molecule has 1 aliphatic carbocycles. The van der Waals surface area contributed by atoms with Gasteiger partial charge in [-0.15, -0.1) is 0 Å². The van der Waals surface area contributed by atoms with Crippen molar-refractivity contribution in [2.75, 3.05) is 7.11 Å². The van der Waals surface area contributed by atoms with E-state index in [0.29, 0.717) is 11.6 Å². The Morgan fingerprint density at radius 3 is 2.47 bits per heavy atom. The number of carbonyl (C=O) groups is 1. The zero-order chi connectivity index (χ0) is 23.3. The number of rotatable bonds is 10. The van der Waals surface area contributed by atoms with Crippen LogP contribution in [0.25, 0.3) is 29.4 Å². The summed E-state index contributed by atoms with van der Waals surface area (Å²) >= 11 is 0. The van der Waals surface area contributed by atoms with Crippen molar-refractivity contribution in [3.05, 3.63) is 71.8 Å². The normalized spacial score (nSPS) is 15.4. The Kier molecular flexibility index (Phi) is 7.72. The van der Waals surface area contributed by atoms with Crippen LogP contribution in [0, 0.1) is 5.82 Å². The van der Waals surface area contributed by atoms with E-state index >= 15 is 0 Å². The summed E-state index contributed by atoms with van der Waals surface area (Å²) in [5.41, 5.74) is 4.83. The molecule has 0 spiro atoms. The predicted octanol–water partition coefficient (Wildman–Crippen LogP) is 4.74. The van der Waals surface area contributed by atoms with Gasteiger partial charge in [-0.2, -0.15) is 0 Å². The fraction of sp³-hybridized carbons (Fsp3) is 0.308. The molecule has 2 unspecified atom stereocenters. The minimum absolute atomic E-state index is 0.0112. The number of hydrogen-bond acceptors (Lipinski definition) is 5. The van der Waals surface area contributed by atoms with Crippen LogP contribution in [0.4, 0.5) is 4.39 Å². The second kappa shape index (κ2) is 10.5. The van der Waals surface area contributed by atoms with Crippen molar-refractivity contribution in [3.63, 3.8) is 0 Å². The van der Waals surface area contributed by atoms with Crippen LogP contribution >= 0.6 is 0 Å². The number of halogens is 1. The highest BCUT2D eigenvalue weighted by molar-refractivity contribution is 5.87. The lowest BCUT2D eigenvalue weighted by Gasteiger charge is -2.18. The molecular weight excluding hydrogens is 409 g/mol. The van der Waals surface area contributed by atoms with Gasteiger partial charge in [-0.25, -0.2) is 4.39 Å². The number of carbonyl (C=O) groups excluding carboxylic acids is 1. The average Bonchev–Trinajstić information content (AvgIpc) is 3.62. The molecule has 0 saturated heterocycles. The lowest BCUT2D eigenvalue weighted by molar-refractivity contribution is -0.143. The van der Waals surface area contributed by atoms with Crippen molar-refractivity contribution < 1.29 is 24.1 Å². The van der Waals surface area contributed by atoms with Gasteiger partial charge in [0.1, 0.15) is 5.82 Å². The second-order valence-corrected chi connectivity index (χ2v) is 7.87. The van der Waals surface area contributed by atoms with Crippen LogP contribution in [0.2, 0.25) is 0 Å². The Balaban J connectivity index is 2.04. The predicted molar refractivity (Wildman–Crippen MR) is 124 cm³/mol. The summed E-state index contributed by atoms with van der Waals surface area (Å²) in [7, 11) is 1.25. The van der Waals surface area contributed by atoms with Crippen LogP contribution in [-0.2, 0) is 9.53 Å². The van der Waals surface area contributed by atoms with Crippen molar-refractivity contribution >= 4 is 24.2 Å². The van der Waals surface area contributed by atoms with Crippen LogP contribution in [0.1, 0.15) is 54.1 Å². The number of pyridine rings is 1. The zero-order valence-corrected chi connectivity index (χ0v) is 18.1. The molecule has 168 valence electrons. The van der Waals surface area contributed by atoms with E-state index in [1.54, 1.807) is 36.4 Å². The maximum absolute atomic E-state index is 13.6. The molecule has 0 aliphatic heterocycles. The summed E-state index contributed by atoms with van der Waals surface area (Å²) in [6.07, 6.45) is 6.58. The maximum atomic E-state index is 13.6. The summed E-state index contributed by atoms with van der Waals surface area (Å²) in [6.45, 7) is 7.82. The molecule has 2 aromatic rings. The van der Waals surface area contributed by atoms with Crippen LogP contribution in [-0.4, -0.2) is 40.5 Å². The summed E-state index contributed by atoms with van der Waals surface area (Å²) in [5, 5.41) is 20.4. The van der Waals surface area contributed by atoms with E-state index in [2.05, 4.69) is 17.9 Å². The third-order valence-corrected chi connectivity index (χ3v) is 5.45. The first kappa shape index (κ1) is 23.6. The summed E-state index contributed by atoms with van der Waals surface area (Å²) in [5.74, 6) is -0.571. The number of methoxy groups -OCH3 is 1. The van der Waals surface area contributed by atoms with Crippen molar-refractivity contribution in [1.29, 1.82) is 0 Å². The van der Waals surface area contributed by atoms with Gasteiger partial charge in [0, 0.05) is 29.0 Å². The summed E-state index contributed by atoms with van der Waals surface area (Å²) in [4.78, 5) is 16.1. The van der Waals surface area contributed by atoms with Gasteiger partial charge < -0.3 is 14.9 Å². The van der Waals surface area contributed by atoms with Crippen molar-refractivity contribution in [3.8, 4) is 11.1 Å². The molecule has 32 heavy (non-hydrogen) atoms. The molecule has 2 atom stereocenters. The highest BCUT2D eigenvalue weighted by Crippen LogP contribution is 2.45. The molecule has 1 aliphatic rings. The SMILES string of the molecule is C=Cc1nc(C2CC2)c(/C=C/C(O)CC(O)CC(=O)OC)c(-c2ccc(F)cc2)c1C=C. The Labute approximate surface area is 187 Å². The molecule has 1 heterocycles. The quantitative estimate of drug-likeness (QED) is 0.525. The number of aliphatic hydroxyl groups is 2. The molecule has 0 radical (unpaired) electrons. The summed E-state index contributed by atoms with van der Waals surface area (Å²) < 4.78 is 18.1.